The Kier molecular flexibility index (Phi) is 2.13. The first-order valence-corrected chi connectivity index (χ1v) is 4.36. The van der Waals surface area contributed by atoms with Crippen LogP contribution < -0.4 is 10.5 Å². The number of methoxy groups -OCH3 is 1. The van der Waals surface area contributed by atoms with Gasteiger partial charge in [0.15, 0.2) is 0 Å². The van der Waals surface area contributed by atoms with Gasteiger partial charge in [-0.05, 0) is 12.1 Å². The molecule has 0 bridgehead atoms. The molecule has 0 unspecified atom stereocenters. The van der Waals surface area contributed by atoms with Crippen LogP contribution in [-0.4, -0.2) is 17.1 Å². The van der Waals surface area contributed by atoms with E-state index in [9.17, 15) is 0 Å². The molecule has 0 atom stereocenters. The van der Waals surface area contributed by atoms with Crippen LogP contribution in [0.15, 0.2) is 18.2 Å². The molecule has 5 heteroatoms. The molecular weight excluding hydrogens is 202 g/mol. The number of nitrogens with two attached hydrogens (primary N) is 1. The maximum atomic E-state index is 5.99. The quantitative estimate of drug-likeness (QED) is 0.779. The van der Waals surface area contributed by atoms with Crippen molar-refractivity contribution in [3.63, 3.8) is 0 Å². The van der Waals surface area contributed by atoms with E-state index in [4.69, 9.17) is 22.1 Å². The van der Waals surface area contributed by atoms with E-state index in [0.717, 1.165) is 0 Å². The Labute approximate surface area is 85.7 Å². The summed E-state index contributed by atoms with van der Waals surface area (Å²) in [6.45, 7) is 0. The Morgan fingerprint density at radius 3 is 2.86 bits per heavy atom. The molecule has 72 valence electrons. The summed E-state index contributed by atoms with van der Waals surface area (Å²) >= 11 is 5.99. The fourth-order valence-electron chi connectivity index (χ4n) is 1.27. The number of rotatable bonds is 1. The monoisotopic (exact) mass is 209 g/mol. The minimum atomic E-state index is 0.177. The lowest BCUT2D eigenvalue weighted by Gasteiger charge is -2.05. The minimum absolute atomic E-state index is 0.177. The first kappa shape index (κ1) is 9.02. The topological polar surface area (TPSA) is 61.0 Å². The van der Waals surface area contributed by atoms with Crippen molar-refractivity contribution in [1.82, 2.24) is 9.97 Å². The van der Waals surface area contributed by atoms with Crippen LogP contribution in [-0.2, 0) is 0 Å². The standard InChI is InChI=1S/C9H8ClN3O/c1-14-8-7-5(10)3-2-4-6(7)12-9(11)13-8/h2-4H,1H3,(H2,11,12,13). The fourth-order valence-corrected chi connectivity index (χ4v) is 1.52. The summed E-state index contributed by atoms with van der Waals surface area (Å²) in [5, 5.41) is 1.24. The van der Waals surface area contributed by atoms with Gasteiger partial charge in [0.25, 0.3) is 0 Å². The highest BCUT2D eigenvalue weighted by Crippen LogP contribution is 2.29. The summed E-state index contributed by atoms with van der Waals surface area (Å²) in [5.74, 6) is 0.578. The van der Waals surface area contributed by atoms with E-state index in [-0.39, 0.29) is 5.95 Å². The molecular formula is C9H8ClN3O. The molecule has 0 spiro atoms. The van der Waals surface area contributed by atoms with Crippen LogP contribution in [0, 0.1) is 0 Å². The van der Waals surface area contributed by atoms with Gasteiger partial charge < -0.3 is 10.5 Å². The predicted octanol–water partition coefficient (Wildman–Crippen LogP) is 1.87. The number of ether oxygens (including phenoxy) is 1. The van der Waals surface area contributed by atoms with Crippen molar-refractivity contribution >= 4 is 28.5 Å². The van der Waals surface area contributed by atoms with Gasteiger partial charge in [-0.15, -0.1) is 0 Å². The highest BCUT2D eigenvalue weighted by atomic mass is 35.5. The van der Waals surface area contributed by atoms with Crippen LogP contribution in [0.2, 0.25) is 5.02 Å². The maximum Gasteiger partial charge on any atom is 0.227 e. The molecule has 4 nitrogen and oxygen atoms in total. The average molecular weight is 210 g/mol. The van der Waals surface area contributed by atoms with Gasteiger partial charge in [0.2, 0.25) is 11.8 Å². The molecule has 14 heavy (non-hydrogen) atoms. The minimum Gasteiger partial charge on any atom is -0.480 e. The van der Waals surface area contributed by atoms with Gasteiger partial charge in [0.05, 0.1) is 23.0 Å². The van der Waals surface area contributed by atoms with E-state index in [1.807, 2.05) is 6.07 Å². The van der Waals surface area contributed by atoms with Crippen molar-refractivity contribution in [2.75, 3.05) is 12.8 Å². The van der Waals surface area contributed by atoms with Gasteiger partial charge in [0, 0.05) is 0 Å². The van der Waals surface area contributed by atoms with Crippen molar-refractivity contribution in [2.24, 2.45) is 0 Å². The van der Waals surface area contributed by atoms with Crippen LogP contribution >= 0.6 is 11.6 Å². The molecule has 0 saturated heterocycles. The highest BCUT2D eigenvalue weighted by molar-refractivity contribution is 6.35. The van der Waals surface area contributed by atoms with Crippen LogP contribution in [0.1, 0.15) is 0 Å². The Hall–Kier alpha value is -1.55. The van der Waals surface area contributed by atoms with Crippen LogP contribution in [0.3, 0.4) is 0 Å². The third-order valence-electron chi connectivity index (χ3n) is 1.85. The number of hydrogen-bond donors (Lipinski definition) is 1. The molecule has 2 rings (SSSR count). The summed E-state index contributed by atoms with van der Waals surface area (Å²) in [7, 11) is 1.52. The summed E-state index contributed by atoms with van der Waals surface area (Å²) in [6.07, 6.45) is 0. The molecule has 2 aromatic rings. The van der Waals surface area contributed by atoms with Gasteiger partial charge in [-0.2, -0.15) is 4.98 Å². The van der Waals surface area contributed by atoms with Gasteiger partial charge >= 0.3 is 0 Å². The summed E-state index contributed by atoms with van der Waals surface area (Å²) in [4.78, 5) is 7.99. The molecule has 0 saturated carbocycles. The molecule has 1 heterocycles. The second-order valence-corrected chi connectivity index (χ2v) is 3.13. The molecule has 1 aromatic carbocycles. The zero-order chi connectivity index (χ0) is 10.1. The number of benzene rings is 1. The van der Waals surface area contributed by atoms with Crippen molar-refractivity contribution < 1.29 is 4.74 Å². The van der Waals surface area contributed by atoms with E-state index < -0.39 is 0 Å². The van der Waals surface area contributed by atoms with Gasteiger partial charge in [0.1, 0.15) is 0 Å². The van der Waals surface area contributed by atoms with Gasteiger partial charge in [-0.3, -0.25) is 0 Å². The SMILES string of the molecule is COc1nc(N)nc2cccc(Cl)c12. The second kappa shape index (κ2) is 3.31. The fraction of sp³-hybridized carbons (Fsp3) is 0.111. The highest BCUT2D eigenvalue weighted by Gasteiger charge is 2.09. The summed E-state index contributed by atoms with van der Waals surface area (Å²) in [6, 6.07) is 5.37. The Morgan fingerprint density at radius 1 is 1.36 bits per heavy atom. The molecule has 0 fully saturated rings. The third-order valence-corrected chi connectivity index (χ3v) is 2.16. The zero-order valence-corrected chi connectivity index (χ0v) is 8.25. The first-order chi connectivity index (χ1) is 6.72. The van der Waals surface area contributed by atoms with Crippen LogP contribution in [0.25, 0.3) is 10.9 Å². The van der Waals surface area contributed by atoms with Crippen molar-refractivity contribution in [3.8, 4) is 5.88 Å². The van der Waals surface area contributed by atoms with E-state index in [2.05, 4.69) is 9.97 Å². The lowest BCUT2D eigenvalue weighted by atomic mass is 10.2. The molecule has 0 amide bonds. The van der Waals surface area contributed by atoms with Crippen molar-refractivity contribution in [2.45, 2.75) is 0 Å². The molecule has 0 radical (unpaired) electrons. The summed E-state index contributed by atoms with van der Waals surface area (Å²) < 4.78 is 5.07. The first-order valence-electron chi connectivity index (χ1n) is 3.98. The number of fused-ring (bicyclic) bond motifs is 1. The lowest BCUT2D eigenvalue weighted by Crippen LogP contribution is -1.98. The largest absolute Gasteiger partial charge is 0.480 e. The maximum absolute atomic E-state index is 5.99. The van der Waals surface area contributed by atoms with E-state index in [1.54, 1.807) is 12.1 Å². The molecule has 1 aromatic heterocycles. The van der Waals surface area contributed by atoms with Gasteiger partial charge in [-0.1, -0.05) is 17.7 Å². The molecule has 0 aliphatic carbocycles. The van der Waals surface area contributed by atoms with E-state index in [0.29, 0.717) is 21.8 Å². The lowest BCUT2D eigenvalue weighted by molar-refractivity contribution is 0.403. The average Bonchev–Trinajstić information content (AvgIpc) is 2.16. The number of anilines is 1. The van der Waals surface area contributed by atoms with Crippen molar-refractivity contribution in [3.05, 3.63) is 23.2 Å². The van der Waals surface area contributed by atoms with E-state index >= 15 is 0 Å². The number of hydrogen-bond acceptors (Lipinski definition) is 4. The predicted molar refractivity (Wildman–Crippen MR) is 55.5 cm³/mol. The molecule has 0 aliphatic heterocycles. The number of aromatic nitrogens is 2. The van der Waals surface area contributed by atoms with Crippen LogP contribution in [0.4, 0.5) is 5.95 Å². The number of halogens is 1. The third kappa shape index (κ3) is 1.33. The van der Waals surface area contributed by atoms with Gasteiger partial charge in [-0.25, -0.2) is 4.98 Å². The van der Waals surface area contributed by atoms with Crippen molar-refractivity contribution in [1.29, 1.82) is 0 Å². The van der Waals surface area contributed by atoms with E-state index in [1.165, 1.54) is 7.11 Å². The Morgan fingerprint density at radius 2 is 2.14 bits per heavy atom. The number of nitrogen functional groups attached to an aromatic ring is 1. The summed E-state index contributed by atoms with van der Waals surface area (Å²) in [5.41, 5.74) is 6.19. The smallest absolute Gasteiger partial charge is 0.227 e. The normalized spacial score (nSPS) is 10.4. The molecule has 0 aliphatic rings. The Bertz CT molecular complexity index is 487. The second-order valence-electron chi connectivity index (χ2n) is 2.73. The Balaban J connectivity index is 2.88. The molecule has 2 N–H and O–H groups in total. The zero-order valence-electron chi connectivity index (χ0n) is 7.49. The van der Waals surface area contributed by atoms with Crippen LogP contribution in [0.5, 0.6) is 5.88 Å². The number of nitrogens with zero attached hydrogens (tertiary/aromatic N) is 2.